The molecule has 24 heavy (non-hydrogen) atoms. The van der Waals surface area contributed by atoms with Gasteiger partial charge in [-0.05, 0) is 44.7 Å². The number of carbonyl (C=O) groups excluding carboxylic acids is 3. The molecule has 1 spiro atoms. The first kappa shape index (κ1) is 18.4. The van der Waals surface area contributed by atoms with Crippen molar-refractivity contribution in [1.29, 1.82) is 0 Å². The predicted octanol–water partition coefficient (Wildman–Crippen LogP) is -0.173. The van der Waals surface area contributed by atoms with E-state index in [0.717, 1.165) is 32.2 Å². The van der Waals surface area contributed by atoms with Crippen LogP contribution in [0.4, 0.5) is 0 Å². The summed E-state index contributed by atoms with van der Waals surface area (Å²) in [6.45, 7) is 2.08. The molecule has 3 saturated heterocycles. The van der Waals surface area contributed by atoms with Gasteiger partial charge in [0.15, 0.2) is 0 Å². The van der Waals surface area contributed by atoms with E-state index in [0.29, 0.717) is 25.9 Å². The van der Waals surface area contributed by atoms with Gasteiger partial charge in [0.25, 0.3) is 6.47 Å². The molecule has 0 aromatic carbocycles. The second-order valence-corrected chi connectivity index (χ2v) is 6.89. The topological polar surface area (TPSA) is 107 Å². The molecule has 1 atom stereocenters. The van der Waals surface area contributed by atoms with Gasteiger partial charge in [0, 0.05) is 25.9 Å². The van der Waals surface area contributed by atoms with E-state index in [1.54, 1.807) is 0 Å². The molecule has 8 heteroatoms. The van der Waals surface area contributed by atoms with Crippen LogP contribution in [0.3, 0.4) is 0 Å². The number of imide groups is 1. The van der Waals surface area contributed by atoms with Crippen LogP contribution in [0.5, 0.6) is 0 Å². The maximum atomic E-state index is 12.5. The van der Waals surface area contributed by atoms with Crippen LogP contribution in [0, 0.1) is 5.41 Å². The Morgan fingerprint density at radius 1 is 1.21 bits per heavy atom. The number of carboxylic acid groups (broad SMARTS) is 1. The first-order valence-electron chi connectivity index (χ1n) is 8.30. The molecule has 3 fully saturated rings. The lowest BCUT2D eigenvalue weighted by Gasteiger charge is -2.43. The van der Waals surface area contributed by atoms with Crippen LogP contribution < -0.4 is 5.32 Å². The molecule has 3 aliphatic heterocycles. The molecule has 0 aliphatic carbocycles. The average Bonchev–Trinajstić information content (AvgIpc) is 2.93. The van der Waals surface area contributed by atoms with E-state index in [1.807, 2.05) is 11.9 Å². The molecule has 0 radical (unpaired) electrons. The molecule has 0 unspecified atom stereocenters. The van der Waals surface area contributed by atoms with E-state index >= 15 is 0 Å². The van der Waals surface area contributed by atoms with Crippen LogP contribution in [0.25, 0.3) is 0 Å². The Kier molecular flexibility index (Phi) is 5.93. The minimum absolute atomic E-state index is 0.0235. The number of likely N-dealkylation sites (N-methyl/N-ethyl adjacent to an activating group) is 1. The monoisotopic (exact) mass is 339 g/mol. The Bertz CT molecular complexity index is 496. The highest BCUT2D eigenvalue weighted by atomic mass is 16.3. The molecule has 2 N–H and O–H groups in total. The van der Waals surface area contributed by atoms with Crippen molar-refractivity contribution in [3.05, 3.63) is 0 Å². The standard InChI is InChI=1S/C15H23N3O3.CH2O2/c1-17-6-2-3-11(17)14(21)18-7-4-15(5-8-18)9-12(19)16-13(20)10-15;2-1-3/h11H,2-10H2,1H3,(H,16,19,20);1H,(H,2,3)/t11-;/m0./s1. The Morgan fingerprint density at radius 3 is 2.21 bits per heavy atom. The number of hydrogen-bond donors (Lipinski definition) is 2. The number of nitrogens with one attached hydrogen (secondary N) is 1. The van der Waals surface area contributed by atoms with Crippen LogP contribution in [0.15, 0.2) is 0 Å². The lowest BCUT2D eigenvalue weighted by Crippen LogP contribution is -2.53. The van der Waals surface area contributed by atoms with Gasteiger partial charge in [-0.3, -0.25) is 29.4 Å². The molecule has 0 saturated carbocycles. The third-order valence-corrected chi connectivity index (χ3v) is 5.29. The smallest absolute Gasteiger partial charge is 0.290 e. The van der Waals surface area contributed by atoms with Crippen molar-refractivity contribution in [3.63, 3.8) is 0 Å². The molecule has 3 amide bonds. The molecule has 0 bridgehead atoms. The van der Waals surface area contributed by atoms with Crippen LogP contribution in [-0.4, -0.2) is 71.8 Å². The minimum atomic E-state index is -0.250. The van der Waals surface area contributed by atoms with E-state index in [2.05, 4.69) is 10.2 Å². The third kappa shape index (κ3) is 4.11. The summed E-state index contributed by atoms with van der Waals surface area (Å²) in [5, 5.41) is 9.26. The fourth-order valence-corrected chi connectivity index (χ4v) is 3.98. The Balaban J connectivity index is 0.000000647. The van der Waals surface area contributed by atoms with Gasteiger partial charge in [-0.15, -0.1) is 0 Å². The van der Waals surface area contributed by atoms with Gasteiger partial charge in [0.2, 0.25) is 17.7 Å². The molecular formula is C16H25N3O5. The number of hydrogen-bond acceptors (Lipinski definition) is 5. The zero-order valence-corrected chi connectivity index (χ0v) is 14.0. The van der Waals surface area contributed by atoms with Crippen LogP contribution in [0.1, 0.15) is 38.5 Å². The number of carbonyl (C=O) groups is 4. The van der Waals surface area contributed by atoms with E-state index in [-0.39, 0.29) is 35.7 Å². The summed E-state index contributed by atoms with van der Waals surface area (Å²) in [6, 6.07) is 0.0235. The molecule has 0 aromatic heterocycles. The predicted molar refractivity (Wildman–Crippen MR) is 85.0 cm³/mol. The summed E-state index contributed by atoms with van der Waals surface area (Å²) in [5.74, 6) is -0.112. The zero-order valence-electron chi connectivity index (χ0n) is 14.0. The lowest BCUT2D eigenvalue weighted by atomic mass is 9.71. The van der Waals surface area contributed by atoms with E-state index in [4.69, 9.17) is 9.90 Å². The summed E-state index contributed by atoms with van der Waals surface area (Å²) in [4.78, 5) is 48.2. The number of rotatable bonds is 1. The van der Waals surface area contributed by atoms with Crippen molar-refractivity contribution in [2.24, 2.45) is 5.41 Å². The van der Waals surface area contributed by atoms with Gasteiger partial charge in [0.05, 0.1) is 6.04 Å². The maximum Gasteiger partial charge on any atom is 0.290 e. The van der Waals surface area contributed by atoms with Crippen molar-refractivity contribution in [1.82, 2.24) is 15.1 Å². The lowest BCUT2D eigenvalue weighted by molar-refractivity contribution is -0.142. The van der Waals surface area contributed by atoms with Crippen LogP contribution >= 0.6 is 0 Å². The number of nitrogens with zero attached hydrogens (tertiary/aromatic N) is 2. The van der Waals surface area contributed by atoms with Gasteiger partial charge < -0.3 is 10.0 Å². The summed E-state index contributed by atoms with van der Waals surface area (Å²) in [5.41, 5.74) is -0.211. The number of amides is 3. The maximum absolute atomic E-state index is 12.5. The molecule has 0 aromatic rings. The number of piperidine rings is 2. The molecular weight excluding hydrogens is 314 g/mol. The summed E-state index contributed by atoms with van der Waals surface area (Å²) < 4.78 is 0. The Hall–Kier alpha value is -1.96. The SMILES string of the molecule is CN1CCC[C@H]1C(=O)N1CCC2(CC1)CC(=O)NC(=O)C2.O=CO. The highest BCUT2D eigenvalue weighted by Crippen LogP contribution is 2.40. The highest BCUT2D eigenvalue weighted by Gasteiger charge is 2.43. The number of likely N-dealkylation sites (tertiary alicyclic amines) is 2. The normalized spacial score (nSPS) is 26.5. The molecule has 3 heterocycles. The average molecular weight is 339 g/mol. The van der Waals surface area contributed by atoms with Gasteiger partial charge >= 0.3 is 0 Å². The fraction of sp³-hybridized carbons (Fsp3) is 0.750. The van der Waals surface area contributed by atoms with Crippen molar-refractivity contribution < 1.29 is 24.3 Å². The second-order valence-electron chi connectivity index (χ2n) is 6.89. The van der Waals surface area contributed by atoms with Gasteiger partial charge in [-0.1, -0.05) is 0 Å². The van der Waals surface area contributed by atoms with E-state index in [1.165, 1.54) is 0 Å². The summed E-state index contributed by atoms with van der Waals surface area (Å²) >= 11 is 0. The van der Waals surface area contributed by atoms with Crippen LogP contribution in [-0.2, 0) is 19.2 Å². The molecule has 3 aliphatic rings. The zero-order chi connectivity index (χ0) is 17.7. The van der Waals surface area contributed by atoms with E-state index < -0.39 is 0 Å². The Labute approximate surface area is 141 Å². The quantitative estimate of drug-likeness (QED) is 0.507. The van der Waals surface area contributed by atoms with Crippen LogP contribution in [0.2, 0.25) is 0 Å². The third-order valence-electron chi connectivity index (χ3n) is 5.29. The molecule has 134 valence electrons. The fourth-order valence-electron chi connectivity index (χ4n) is 3.98. The summed E-state index contributed by atoms with van der Waals surface area (Å²) in [6.07, 6.45) is 4.38. The highest BCUT2D eigenvalue weighted by molar-refractivity contribution is 5.98. The first-order valence-corrected chi connectivity index (χ1v) is 8.30. The van der Waals surface area contributed by atoms with Gasteiger partial charge in [0.1, 0.15) is 0 Å². The summed E-state index contributed by atoms with van der Waals surface area (Å²) in [7, 11) is 2.01. The van der Waals surface area contributed by atoms with Crippen molar-refractivity contribution in [2.45, 2.75) is 44.6 Å². The molecule has 3 rings (SSSR count). The second kappa shape index (κ2) is 7.74. The van der Waals surface area contributed by atoms with Crippen molar-refractivity contribution >= 4 is 24.2 Å². The van der Waals surface area contributed by atoms with Gasteiger partial charge in [-0.25, -0.2) is 0 Å². The van der Waals surface area contributed by atoms with Crippen molar-refractivity contribution in [3.8, 4) is 0 Å². The largest absolute Gasteiger partial charge is 0.483 e. The minimum Gasteiger partial charge on any atom is -0.483 e. The first-order chi connectivity index (χ1) is 11.4. The van der Waals surface area contributed by atoms with E-state index in [9.17, 15) is 14.4 Å². The molecule has 8 nitrogen and oxygen atoms in total. The van der Waals surface area contributed by atoms with Crippen molar-refractivity contribution in [2.75, 3.05) is 26.7 Å². The Morgan fingerprint density at radius 2 is 1.75 bits per heavy atom. The van der Waals surface area contributed by atoms with Gasteiger partial charge in [-0.2, -0.15) is 0 Å².